The molecule has 1 aromatic carbocycles. The number of halogens is 3. The molecule has 0 saturated heterocycles. The Morgan fingerprint density at radius 2 is 2.19 bits per heavy atom. The fraction of sp³-hybridized carbons (Fsp3) is 0.364. The van der Waals surface area contributed by atoms with E-state index in [1.54, 1.807) is 0 Å². The molecule has 0 atom stereocenters. The van der Waals surface area contributed by atoms with Crippen LogP contribution in [0.25, 0.3) is 0 Å². The molecule has 0 radical (unpaired) electrons. The minimum atomic E-state index is -2.76. The van der Waals surface area contributed by atoms with Crippen LogP contribution in [0.1, 0.15) is 0 Å². The van der Waals surface area contributed by atoms with Gasteiger partial charge in [-0.15, -0.1) is 0 Å². The molecule has 0 heterocycles. The highest BCUT2D eigenvalue weighted by molar-refractivity contribution is 6.32. The first-order valence-corrected chi connectivity index (χ1v) is 6.11. The Labute approximate surface area is 123 Å². The van der Waals surface area contributed by atoms with E-state index in [4.69, 9.17) is 16.7 Å². The van der Waals surface area contributed by atoms with Crippen LogP contribution in [-0.4, -0.2) is 47.1 Å². The lowest BCUT2D eigenvalue weighted by Gasteiger charge is -2.21. The van der Waals surface area contributed by atoms with Gasteiger partial charge in [0.2, 0.25) is 0 Å². The molecule has 0 aliphatic carbocycles. The lowest BCUT2D eigenvalue weighted by Crippen LogP contribution is -2.40. The number of alkyl halides is 2. The molecular formula is C11H12ClF2N3O4. The second kappa shape index (κ2) is 7.70. The fourth-order valence-corrected chi connectivity index (χ4v) is 1.68. The van der Waals surface area contributed by atoms with Crippen molar-refractivity contribution in [2.45, 2.75) is 6.43 Å². The summed E-state index contributed by atoms with van der Waals surface area (Å²) in [4.78, 5) is 22.4. The fourth-order valence-electron chi connectivity index (χ4n) is 1.50. The molecule has 0 unspecified atom stereocenters. The van der Waals surface area contributed by atoms with Crippen molar-refractivity contribution in [3.63, 3.8) is 0 Å². The average Bonchev–Trinajstić information content (AvgIpc) is 2.39. The van der Waals surface area contributed by atoms with Gasteiger partial charge in [0, 0.05) is 18.3 Å². The molecule has 2 amide bonds. The standard InChI is InChI=1S/C11H12ClF2N3O4/c12-8-2-1-7(5-9(8)17(20)21)15-11(19)16(3-4-18)6-10(13)14/h1-2,5,10,18H,3-4,6H2,(H,15,19). The van der Waals surface area contributed by atoms with Crippen molar-refractivity contribution in [2.24, 2.45) is 0 Å². The van der Waals surface area contributed by atoms with Gasteiger partial charge in [-0.1, -0.05) is 11.6 Å². The number of aliphatic hydroxyl groups is 1. The van der Waals surface area contributed by atoms with Gasteiger partial charge in [-0.25, -0.2) is 13.6 Å². The molecule has 21 heavy (non-hydrogen) atoms. The molecule has 1 aromatic rings. The minimum Gasteiger partial charge on any atom is -0.395 e. The topological polar surface area (TPSA) is 95.7 Å². The molecule has 0 fully saturated rings. The largest absolute Gasteiger partial charge is 0.395 e. The summed E-state index contributed by atoms with van der Waals surface area (Å²) in [5.41, 5.74) is -0.384. The van der Waals surface area contributed by atoms with Gasteiger partial charge in [-0.2, -0.15) is 0 Å². The van der Waals surface area contributed by atoms with E-state index in [0.29, 0.717) is 4.90 Å². The van der Waals surface area contributed by atoms with Crippen molar-refractivity contribution >= 4 is 29.0 Å². The predicted octanol–water partition coefficient (Wildman–Crippen LogP) is 2.34. The predicted molar refractivity (Wildman–Crippen MR) is 71.8 cm³/mol. The molecule has 0 saturated carbocycles. The SMILES string of the molecule is O=C(Nc1ccc(Cl)c([N+](=O)[O-])c1)N(CCO)CC(F)F. The number of amides is 2. The molecule has 10 heteroatoms. The highest BCUT2D eigenvalue weighted by atomic mass is 35.5. The van der Waals surface area contributed by atoms with Crippen molar-refractivity contribution in [2.75, 3.05) is 25.0 Å². The normalized spacial score (nSPS) is 10.5. The second-order valence-electron chi connectivity index (χ2n) is 3.91. The van der Waals surface area contributed by atoms with Gasteiger partial charge in [0.25, 0.3) is 12.1 Å². The Hall–Kier alpha value is -2.00. The Kier molecular flexibility index (Phi) is 6.25. The number of nitro benzene ring substituents is 1. The number of benzene rings is 1. The van der Waals surface area contributed by atoms with Crippen LogP contribution in [-0.2, 0) is 0 Å². The molecule has 0 aliphatic rings. The first-order chi connectivity index (χ1) is 9.85. The lowest BCUT2D eigenvalue weighted by atomic mass is 10.3. The van der Waals surface area contributed by atoms with E-state index in [9.17, 15) is 23.7 Å². The number of nitrogens with one attached hydrogen (secondary N) is 1. The van der Waals surface area contributed by atoms with E-state index >= 15 is 0 Å². The zero-order valence-corrected chi connectivity index (χ0v) is 11.4. The van der Waals surface area contributed by atoms with Crippen LogP contribution in [0.5, 0.6) is 0 Å². The summed E-state index contributed by atoms with van der Waals surface area (Å²) in [5.74, 6) is 0. The van der Waals surface area contributed by atoms with Crippen LogP contribution in [0.3, 0.4) is 0 Å². The summed E-state index contributed by atoms with van der Waals surface area (Å²) >= 11 is 5.61. The Morgan fingerprint density at radius 1 is 1.52 bits per heavy atom. The molecule has 116 valence electrons. The number of urea groups is 1. The van der Waals surface area contributed by atoms with E-state index in [2.05, 4.69) is 5.32 Å². The summed E-state index contributed by atoms with van der Waals surface area (Å²) in [5, 5.41) is 21.6. The monoisotopic (exact) mass is 323 g/mol. The number of nitro groups is 1. The lowest BCUT2D eigenvalue weighted by molar-refractivity contribution is -0.384. The molecule has 0 bridgehead atoms. The molecule has 7 nitrogen and oxygen atoms in total. The highest BCUT2D eigenvalue weighted by Gasteiger charge is 2.19. The molecule has 1 rings (SSSR count). The summed E-state index contributed by atoms with van der Waals surface area (Å²) in [6.45, 7) is -1.63. The molecule has 0 aromatic heterocycles. The van der Waals surface area contributed by atoms with Gasteiger partial charge in [0.15, 0.2) is 0 Å². The van der Waals surface area contributed by atoms with Gasteiger partial charge in [0.05, 0.1) is 18.1 Å². The van der Waals surface area contributed by atoms with Crippen LogP contribution < -0.4 is 5.32 Å². The quantitative estimate of drug-likeness (QED) is 0.620. The zero-order valence-electron chi connectivity index (χ0n) is 10.6. The third-order valence-corrected chi connectivity index (χ3v) is 2.73. The second-order valence-corrected chi connectivity index (χ2v) is 4.32. The van der Waals surface area contributed by atoms with Gasteiger partial charge < -0.3 is 15.3 Å². The first-order valence-electron chi connectivity index (χ1n) is 5.74. The molecule has 0 spiro atoms. The molecule has 0 aliphatic heterocycles. The zero-order chi connectivity index (χ0) is 16.0. The van der Waals surface area contributed by atoms with Crippen LogP contribution in [0.4, 0.5) is 25.0 Å². The van der Waals surface area contributed by atoms with Crippen molar-refractivity contribution in [1.29, 1.82) is 0 Å². The van der Waals surface area contributed by atoms with Crippen molar-refractivity contribution in [3.8, 4) is 0 Å². The highest BCUT2D eigenvalue weighted by Crippen LogP contribution is 2.27. The van der Waals surface area contributed by atoms with Gasteiger partial charge in [-0.3, -0.25) is 10.1 Å². The molecule has 2 N–H and O–H groups in total. The smallest absolute Gasteiger partial charge is 0.322 e. The number of hydrogen-bond donors (Lipinski definition) is 2. The summed E-state index contributed by atoms with van der Waals surface area (Å²) in [7, 11) is 0. The van der Waals surface area contributed by atoms with E-state index in [0.717, 1.165) is 6.07 Å². The number of hydrogen-bond acceptors (Lipinski definition) is 4. The number of rotatable bonds is 6. The number of aliphatic hydroxyl groups excluding tert-OH is 1. The van der Waals surface area contributed by atoms with Crippen LogP contribution in [0.2, 0.25) is 5.02 Å². The number of nitrogens with zero attached hydrogens (tertiary/aromatic N) is 2. The van der Waals surface area contributed by atoms with E-state index in [-0.39, 0.29) is 17.3 Å². The van der Waals surface area contributed by atoms with Crippen LogP contribution >= 0.6 is 11.6 Å². The van der Waals surface area contributed by atoms with E-state index < -0.39 is 36.2 Å². The van der Waals surface area contributed by atoms with Gasteiger partial charge in [0.1, 0.15) is 5.02 Å². The minimum absolute atomic E-state index is 0.0355. The van der Waals surface area contributed by atoms with Crippen molar-refractivity contribution in [3.05, 3.63) is 33.3 Å². The summed E-state index contributed by atoms with van der Waals surface area (Å²) < 4.78 is 24.6. The van der Waals surface area contributed by atoms with Crippen LogP contribution in [0, 0.1) is 10.1 Å². The Morgan fingerprint density at radius 3 is 2.71 bits per heavy atom. The van der Waals surface area contributed by atoms with Crippen LogP contribution in [0.15, 0.2) is 18.2 Å². The number of carbonyl (C=O) groups is 1. The third kappa shape index (κ3) is 5.12. The first kappa shape index (κ1) is 17.1. The maximum atomic E-state index is 12.3. The van der Waals surface area contributed by atoms with Crippen molar-refractivity contribution in [1.82, 2.24) is 4.90 Å². The molecular weight excluding hydrogens is 312 g/mol. The number of anilines is 1. The number of carbonyl (C=O) groups excluding carboxylic acids is 1. The maximum absolute atomic E-state index is 12.3. The van der Waals surface area contributed by atoms with E-state index in [1.165, 1.54) is 12.1 Å². The third-order valence-electron chi connectivity index (χ3n) is 2.41. The van der Waals surface area contributed by atoms with E-state index in [1.807, 2.05) is 0 Å². The van der Waals surface area contributed by atoms with Gasteiger partial charge in [-0.05, 0) is 12.1 Å². The summed E-state index contributed by atoms with van der Waals surface area (Å²) in [6.07, 6.45) is -2.76. The Balaban J connectivity index is 2.85. The van der Waals surface area contributed by atoms with Gasteiger partial charge >= 0.3 is 6.03 Å². The Bertz CT molecular complexity index is 530. The average molecular weight is 324 g/mol. The van der Waals surface area contributed by atoms with Crippen molar-refractivity contribution < 1.29 is 23.6 Å². The summed E-state index contributed by atoms with van der Waals surface area (Å²) in [6, 6.07) is 2.62. The maximum Gasteiger partial charge on any atom is 0.322 e.